The number of hydrogen-bond acceptors (Lipinski definition) is 6. The van der Waals surface area contributed by atoms with Gasteiger partial charge in [-0.25, -0.2) is 0 Å². The molecule has 0 saturated carbocycles. The van der Waals surface area contributed by atoms with Crippen molar-refractivity contribution in [2.24, 2.45) is 5.10 Å². The van der Waals surface area contributed by atoms with Crippen LogP contribution in [0.15, 0.2) is 23.3 Å². The molecule has 0 radical (unpaired) electrons. The number of thiocarbonyl (C=S) groups is 1. The van der Waals surface area contributed by atoms with E-state index in [1.54, 1.807) is 32.2 Å². The topological polar surface area (TPSA) is 78.3 Å². The van der Waals surface area contributed by atoms with Crippen LogP contribution in [0.3, 0.4) is 0 Å². The number of phenolic OH excluding ortho intramolecular Hbond substituents is 1. The molecule has 2 rings (SSSR count). The van der Waals surface area contributed by atoms with Gasteiger partial charge >= 0.3 is 0 Å². The molecule has 0 spiro atoms. The highest BCUT2D eigenvalue weighted by molar-refractivity contribution is 7.80. The van der Waals surface area contributed by atoms with E-state index in [0.717, 1.165) is 39.4 Å². The lowest BCUT2D eigenvalue weighted by molar-refractivity contribution is 0.0389. The minimum atomic E-state index is 0.144. The minimum Gasteiger partial charge on any atom is -0.507 e. The third kappa shape index (κ3) is 5.63. The molecule has 1 aliphatic rings. The van der Waals surface area contributed by atoms with E-state index in [-0.39, 0.29) is 5.75 Å². The van der Waals surface area contributed by atoms with Gasteiger partial charge < -0.3 is 19.9 Å². The number of benzene rings is 1. The summed E-state index contributed by atoms with van der Waals surface area (Å²) in [5.41, 5.74) is 4.01. The van der Waals surface area contributed by atoms with Crippen molar-refractivity contribution < 1.29 is 14.6 Å². The number of hydrazone groups is 1. The van der Waals surface area contributed by atoms with Crippen LogP contribution in [0.1, 0.15) is 12.5 Å². The van der Waals surface area contributed by atoms with Crippen molar-refractivity contribution in [1.82, 2.24) is 15.6 Å². The van der Waals surface area contributed by atoms with Crippen LogP contribution < -0.4 is 15.5 Å². The number of morpholine rings is 1. The van der Waals surface area contributed by atoms with Gasteiger partial charge in [-0.2, -0.15) is 5.10 Å². The summed E-state index contributed by atoms with van der Waals surface area (Å²) in [7, 11) is 1.58. The average molecular weight is 352 g/mol. The highest BCUT2D eigenvalue weighted by Crippen LogP contribution is 2.23. The second kappa shape index (κ2) is 9.41. The molecule has 0 amide bonds. The van der Waals surface area contributed by atoms with Crippen LogP contribution in [0.5, 0.6) is 11.5 Å². The molecule has 3 N–H and O–H groups in total. The van der Waals surface area contributed by atoms with E-state index >= 15 is 0 Å². The molecule has 24 heavy (non-hydrogen) atoms. The first kappa shape index (κ1) is 18.4. The molecule has 132 valence electrons. The molecule has 0 atom stereocenters. The van der Waals surface area contributed by atoms with Crippen molar-refractivity contribution in [1.29, 1.82) is 0 Å². The van der Waals surface area contributed by atoms with E-state index in [1.807, 2.05) is 0 Å². The van der Waals surface area contributed by atoms with Crippen LogP contribution >= 0.6 is 12.2 Å². The van der Waals surface area contributed by atoms with Crippen LogP contribution in [-0.4, -0.2) is 67.3 Å². The third-order valence-corrected chi connectivity index (χ3v) is 3.97. The van der Waals surface area contributed by atoms with Crippen molar-refractivity contribution in [3.63, 3.8) is 0 Å². The first-order valence-corrected chi connectivity index (χ1v) is 8.26. The summed E-state index contributed by atoms with van der Waals surface area (Å²) in [6, 6.07) is 4.99. The largest absolute Gasteiger partial charge is 0.507 e. The minimum absolute atomic E-state index is 0.144. The van der Waals surface area contributed by atoms with Crippen molar-refractivity contribution in [3.05, 3.63) is 23.8 Å². The Morgan fingerprint density at radius 2 is 2.17 bits per heavy atom. The second-order valence-electron chi connectivity index (χ2n) is 5.40. The van der Waals surface area contributed by atoms with Gasteiger partial charge in [0.2, 0.25) is 0 Å². The molecular weight excluding hydrogens is 328 g/mol. The maximum Gasteiger partial charge on any atom is 0.187 e. The van der Waals surface area contributed by atoms with E-state index in [4.69, 9.17) is 21.7 Å². The van der Waals surface area contributed by atoms with Crippen LogP contribution in [0.25, 0.3) is 0 Å². The molecule has 0 unspecified atom stereocenters. The number of nitrogens with one attached hydrogen (secondary N) is 2. The van der Waals surface area contributed by atoms with Crippen molar-refractivity contribution in [3.8, 4) is 11.5 Å². The fourth-order valence-electron chi connectivity index (χ4n) is 2.32. The number of methoxy groups -OCH3 is 1. The van der Waals surface area contributed by atoms with Crippen LogP contribution in [0.4, 0.5) is 0 Å². The molecule has 1 aromatic carbocycles. The molecule has 1 saturated heterocycles. The second-order valence-corrected chi connectivity index (χ2v) is 5.81. The molecule has 0 bridgehead atoms. The predicted octanol–water partition coefficient (Wildman–Crippen LogP) is 0.921. The SMILES string of the molecule is COc1ccc(O)c(/C(C)=N/NC(=S)NCCN2CCOCC2)c1. The Balaban J connectivity index is 1.79. The van der Waals surface area contributed by atoms with Crippen molar-refractivity contribution in [2.45, 2.75) is 6.92 Å². The van der Waals surface area contributed by atoms with Gasteiger partial charge in [0.1, 0.15) is 11.5 Å². The zero-order valence-corrected chi connectivity index (χ0v) is 14.9. The van der Waals surface area contributed by atoms with E-state index in [0.29, 0.717) is 22.1 Å². The van der Waals surface area contributed by atoms with Gasteiger partial charge in [-0.05, 0) is 37.3 Å². The Kier molecular flexibility index (Phi) is 7.23. The maximum absolute atomic E-state index is 9.92. The first-order chi connectivity index (χ1) is 11.6. The molecule has 1 aliphatic heterocycles. The number of hydrogen-bond donors (Lipinski definition) is 3. The Morgan fingerprint density at radius 1 is 1.42 bits per heavy atom. The quantitative estimate of drug-likeness (QED) is 0.399. The lowest BCUT2D eigenvalue weighted by Crippen LogP contribution is -2.42. The predicted molar refractivity (Wildman–Crippen MR) is 97.9 cm³/mol. The number of nitrogens with zero attached hydrogens (tertiary/aromatic N) is 2. The van der Waals surface area contributed by atoms with E-state index in [9.17, 15) is 5.11 Å². The Morgan fingerprint density at radius 3 is 2.88 bits per heavy atom. The van der Waals surface area contributed by atoms with Gasteiger partial charge in [0, 0.05) is 31.7 Å². The van der Waals surface area contributed by atoms with Gasteiger partial charge in [0.05, 0.1) is 26.0 Å². The Hall–Kier alpha value is -1.90. The third-order valence-electron chi connectivity index (χ3n) is 3.74. The number of ether oxygens (including phenoxy) is 2. The molecule has 1 aromatic rings. The zero-order chi connectivity index (χ0) is 17.4. The highest BCUT2D eigenvalue weighted by atomic mass is 32.1. The van der Waals surface area contributed by atoms with Crippen LogP contribution in [0, 0.1) is 0 Å². The summed E-state index contributed by atoms with van der Waals surface area (Å²) in [5, 5.41) is 17.7. The van der Waals surface area contributed by atoms with Gasteiger partial charge in [-0.15, -0.1) is 0 Å². The summed E-state index contributed by atoms with van der Waals surface area (Å²) in [6.07, 6.45) is 0. The zero-order valence-electron chi connectivity index (χ0n) is 14.0. The highest BCUT2D eigenvalue weighted by Gasteiger charge is 2.10. The summed E-state index contributed by atoms with van der Waals surface area (Å²) in [6.45, 7) is 6.92. The lowest BCUT2D eigenvalue weighted by Gasteiger charge is -2.26. The first-order valence-electron chi connectivity index (χ1n) is 7.85. The van der Waals surface area contributed by atoms with E-state index in [1.165, 1.54) is 0 Å². The molecule has 1 fully saturated rings. The molecule has 0 aliphatic carbocycles. The molecule has 8 heteroatoms. The molecular formula is C16H24N4O3S. The normalized spacial score (nSPS) is 15.8. The lowest BCUT2D eigenvalue weighted by atomic mass is 10.1. The number of phenols is 1. The van der Waals surface area contributed by atoms with Gasteiger partial charge in [-0.3, -0.25) is 10.3 Å². The fourth-order valence-corrected chi connectivity index (χ4v) is 2.47. The number of rotatable bonds is 6. The number of aromatic hydroxyl groups is 1. The molecule has 0 aromatic heterocycles. The van der Waals surface area contributed by atoms with E-state index in [2.05, 4.69) is 20.7 Å². The summed E-state index contributed by atoms with van der Waals surface area (Å²) in [4.78, 5) is 2.32. The Bertz CT molecular complexity index is 589. The Labute approximate surface area is 147 Å². The summed E-state index contributed by atoms with van der Waals surface area (Å²) in [5.74, 6) is 0.800. The van der Waals surface area contributed by atoms with Gasteiger partial charge in [0.15, 0.2) is 5.11 Å². The average Bonchev–Trinajstić information content (AvgIpc) is 2.61. The van der Waals surface area contributed by atoms with Crippen molar-refractivity contribution >= 4 is 23.0 Å². The monoisotopic (exact) mass is 352 g/mol. The summed E-state index contributed by atoms with van der Waals surface area (Å²) >= 11 is 5.21. The van der Waals surface area contributed by atoms with Gasteiger partial charge in [-0.1, -0.05) is 0 Å². The smallest absolute Gasteiger partial charge is 0.187 e. The fraction of sp³-hybridized carbons (Fsp3) is 0.500. The van der Waals surface area contributed by atoms with Crippen LogP contribution in [0.2, 0.25) is 0 Å². The molecule has 7 nitrogen and oxygen atoms in total. The van der Waals surface area contributed by atoms with Crippen molar-refractivity contribution in [2.75, 3.05) is 46.5 Å². The maximum atomic E-state index is 9.92. The van der Waals surface area contributed by atoms with Crippen LogP contribution in [-0.2, 0) is 4.74 Å². The molecule has 1 heterocycles. The summed E-state index contributed by atoms with van der Waals surface area (Å²) < 4.78 is 10.5. The van der Waals surface area contributed by atoms with Gasteiger partial charge in [0.25, 0.3) is 0 Å². The standard InChI is InChI=1S/C16H24N4O3S/c1-12(14-11-13(22-2)3-4-15(14)21)18-19-16(24)17-5-6-20-7-9-23-10-8-20/h3-4,11,21H,5-10H2,1-2H3,(H2,17,19,24)/b18-12+. The van der Waals surface area contributed by atoms with E-state index < -0.39 is 0 Å².